The zero-order valence-corrected chi connectivity index (χ0v) is 10.0. The highest BCUT2D eigenvalue weighted by molar-refractivity contribution is 5.86. The average Bonchev–Trinajstić information content (AvgIpc) is 2.30. The van der Waals surface area contributed by atoms with Gasteiger partial charge in [-0.1, -0.05) is 38.5 Å². The van der Waals surface area contributed by atoms with Gasteiger partial charge in [0.2, 0.25) is 0 Å². The SMILES string of the molecule is O=C/C1=C(/C=O)CCCCCCCCCC1. The van der Waals surface area contributed by atoms with Crippen LogP contribution in [0.25, 0.3) is 0 Å². The molecule has 0 aromatic rings. The van der Waals surface area contributed by atoms with Crippen LogP contribution >= 0.6 is 0 Å². The summed E-state index contributed by atoms with van der Waals surface area (Å²) in [6.07, 6.45) is 13.0. The molecule has 0 aromatic heterocycles. The molecule has 1 aliphatic carbocycles. The predicted molar refractivity (Wildman–Crippen MR) is 65.3 cm³/mol. The van der Waals surface area contributed by atoms with Crippen molar-refractivity contribution in [2.45, 2.75) is 64.2 Å². The summed E-state index contributed by atoms with van der Waals surface area (Å²) < 4.78 is 0. The zero-order chi connectivity index (χ0) is 11.6. The number of hydrogen-bond acceptors (Lipinski definition) is 2. The minimum absolute atomic E-state index is 0.746. The van der Waals surface area contributed by atoms with E-state index in [2.05, 4.69) is 0 Å². The Morgan fingerprint density at radius 2 is 0.875 bits per heavy atom. The summed E-state index contributed by atoms with van der Waals surface area (Å²) >= 11 is 0. The molecule has 0 aliphatic heterocycles. The van der Waals surface area contributed by atoms with Crippen LogP contribution in [0.3, 0.4) is 0 Å². The van der Waals surface area contributed by atoms with Gasteiger partial charge < -0.3 is 0 Å². The molecule has 2 nitrogen and oxygen atoms in total. The van der Waals surface area contributed by atoms with Gasteiger partial charge in [-0.2, -0.15) is 0 Å². The van der Waals surface area contributed by atoms with Crippen molar-refractivity contribution in [2.24, 2.45) is 0 Å². The maximum absolute atomic E-state index is 10.9. The highest BCUT2D eigenvalue weighted by Crippen LogP contribution is 2.19. The first kappa shape index (κ1) is 13.1. The number of aldehydes is 2. The van der Waals surface area contributed by atoms with Crippen LogP contribution in [-0.4, -0.2) is 12.6 Å². The summed E-state index contributed by atoms with van der Waals surface area (Å²) in [4.78, 5) is 21.9. The molecule has 0 N–H and O–H groups in total. The van der Waals surface area contributed by atoms with Crippen LogP contribution in [0.15, 0.2) is 11.1 Å². The fourth-order valence-corrected chi connectivity index (χ4v) is 2.28. The molecule has 0 saturated carbocycles. The second-order valence-electron chi connectivity index (χ2n) is 4.61. The largest absolute Gasteiger partial charge is 0.298 e. The molecule has 0 atom stereocenters. The maximum Gasteiger partial charge on any atom is 0.146 e. The van der Waals surface area contributed by atoms with Crippen molar-refractivity contribution < 1.29 is 9.59 Å². The minimum atomic E-state index is 0.746. The number of hydrogen-bond donors (Lipinski definition) is 0. The number of allylic oxidation sites excluding steroid dienone is 2. The third-order valence-electron chi connectivity index (χ3n) is 3.34. The quantitative estimate of drug-likeness (QED) is 0.669. The van der Waals surface area contributed by atoms with Gasteiger partial charge >= 0.3 is 0 Å². The number of carbonyl (C=O) groups is 2. The van der Waals surface area contributed by atoms with Gasteiger partial charge in [-0.25, -0.2) is 0 Å². The van der Waals surface area contributed by atoms with Crippen LogP contribution in [0.4, 0.5) is 0 Å². The first-order chi connectivity index (χ1) is 7.88. The van der Waals surface area contributed by atoms with Crippen molar-refractivity contribution in [3.05, 3.63) is 11.1 Å². The predicted octanol–water partition coefficient (Wildman–Crippen LogP) is 3.60. The van der Waals surface area contributed by atoms with Gasteiger partial charge in [0.15, 0.2) is 0 Å². The molecule has 0 amide bonds. The smallest absolute Gasteiger partial charge is 0.146 e. The number of rotatable bonds is 2. The second-order valence-corrected chi connectivity index (χ2v) is 4.61. The van der Waals surface area contributed by atoms with Crippen LogP contribution in [0.2, 0.25) is 0 Å². The standard InChI is InChI=1S/C14H22O2/c15-11-13-9-7-5-3-1-2-4-6-8-10-14(13)12-16/h11-12H,1-10H2/b14-13+. The molecular weight excluding hydrogens is 200 g/mol. The van der Waals surface area contributed by atoms with E-state index in [1.165, 1.54) is 38.5 Å². The van der Waals surface area contributed by atoms with E-state index in [1.54, 1.807) is 0 Å². The van der Waals surface area contributed by atoms with E-state index in [9.17, 15) is 9.59 Å². The molecule has 0 saturated heterocycles. The van der Waals surface area contributed by atoms with Crippen molar-refractivity contribution in [3.63, 3.8) is 0 Å². The Morgan fingerprint density at radius 1 is 0.562 bits per heavy atom. The van der Waals surface area contributed by atoms with Crippen molar-refractivity contribution in [3.8, 4) is 0 Å². The van der Waals surface area contributed by atoms with E-state index < -0.39 is 0 Å². The molecule has 0 heterocycles. The average molecular weight is 222 g/mol. The first-order valence-corrected chi connectivity index (χ1v) is 6.51. The van der Waals surface area contributed by atoms with Crippen LogP contribution < -0.4 is 0 Å². The fourth-order valence-electron chi connectivity index (χ4n) is 2.28. The van der Waals surface area contributed by atoms with Gasteiger partial charge in [-0.3, -0.25) is 9.59 Å². The van der Waals surface area contributed by atoms with E-state index >= 15 is 0 Å². The lowest BCUT2D eigenvalue weighted by atomic mass is 9.96. The molecule has 0 bridgehead atoms. The molecule has 1 aliphatic rings. The second kappa shape index (κ2) is 8.26. The zero-order valence-electron chi connectivity index (χ0n) is 10.0. The lowest BCUT2D eigenvalue weighted by Crippen LogP contribution is -1.98. The molecule has 2 heteroatoms. The van der Waals surface area contributed by atoms with Gasteiger partial charge in [0.1, 0.15) is 12.6 Å². The molecule has 0 fully saturated rings. The summed E-state index contributed by atoms with van der Waals surface area (Å²) in [5.41, 5.74) is 1.49. The van der Waals surface area contributed by atoms with Gasteiger partial charge in [0.25, 0.3) is 0 Å². The van der Waals surface area contributed by atoms with Gasteiger partial charge in [-0.15, -0.1) is 0 Å². The van der Waals surface area contributed by atoms with Gasteiger partial charge in [0, 0.05) is 0 Å². The van der Waals surface area contributed by atoms with Crippen LogP contribution in [0.1, 0.15) is 64.2 Å². The Labute approximate surface area is 98.1 Å². The summed E-state index contributed by atoms with van der Waals surface area (Å²) in [5.74, 6) is 0. The van der Waals surface area contributed by atoms with Crippen molar-refractivity contribution in [2.75, 3.05) is 0 Å². The molecule has 0 spiro atoms. The molecular formula is C14H22O2. The van der Waals surface area contributed by atoms with Crippen molar-refractivity contribution >= 4 is 12.6 Å². The normalized spacial score (nSPS) is 25.2. The highest BCUT2D eigenvalue weighted by atomic mass is 16.1. The Hall–Kier alpha value is -0.920. The van der Waals surface area contributed by atoms with Crippen molar-refractivity contribution in [1.29, 1.82) is 0 Å². The van der Waals surface area contributed by atoms with Gasteiger partial charge in [0.05, 0.1) is 0 Å². The third-order valence-corrected chi connectivity index (χ3v) is 3.34. The van der Waals surface area contributed by atoms with E-state index in [0.29, 0.717) is 0 Å². The lowest BCUT2D eigenvalue weighted by molar-refractivity contribution is -0.107. The van der Waals surface area contributed by atoms with Crippen LogP contribution in [0.5, 0.6) is 0 Å². The Morgan fingerprint density at radius 3 is 1.19 bits per heavy atom. The molecule has 0 unspecified atom stereocenters. The van der Waals surface area contributed by atoms with Gasteiger partial charge in [-0.05, 0) is 36.8 Å². The summed E-state index contributed by atoms with van der Waals surface area (Å²) in [6.45, 7) is 0. The van der Waals surface area contributed by atoms with Crippen LogP contribution in [0, 0.1) is 0 Å². The lowest BCUT2D eigenvalue weighted by Gasteiger charge is -2.08. The fraction of sp³-hybridized carbons (Fsp3) is 0.714. The Kier molecular flexibility index (Phi) is 6.78. The van der Waals surface area contributed by atoms with E-state index in [0.717, 1.165) is 49.4 Å². The first-order valence-electron chi connectivity index (χ1n) is 6.51. The molecule has 0 aromatic carbocycles. The van der Waals surface area contributed by atoms with E-state index in [4.69, 9.17) is 0 Å². The Balaban J connectivity index is 2.61. The summed E-state index contributed by atoms with van der Waals surface area (Å²) in [5, 5.41) is 0. The molecule has 1 rings (SSSR count). The molecule has 90 valence electrons. The Bertz CT molecular complexity index is 227. The van der Waals surface area contributed by atoms with Crippen LogP contribution in [-0.2, 0) is 9.59 Å². The molecule has 0 radical (unpaired) electrons. The van der Waals surface area contributed by atoms with E-state index in [1.807, 2.05) is 0 Å². The topological polar surface area (TPSA) is 34.1 Å². The van der Waals surface area contributed by atoms with Crippen molar-refractivity contribution in [1.82, 2.24) is 0 Å². The van der Waals surface area contributed by atoms with E-state index in [-0.39, 0.29) is 0 Å². The summed E-state index contributed by atoms with van der Waals surface area (Å²) in [7, 11) is 0. The summed E-state index contributed by atoms with van der Waals surface area (Å²) in [6, 6.07) is 0. The number of carbonyl (C=O) groups excluding carboxylic acids is 2. The molecule has 16 heavy (non-hydrogen) atoms. The minimum Gasteiger partial charge on any atom is -0.298 e. The highest BCUT2D eigenvalue weighted by Gasteiger charge is 2.06. The maximum atomic E-state index is 10.9. The third kappa shape index (κ3) is 4.73. The monoisotopic (exact) mass is 222 g/mol.